The average molecular weight is 262 g/mol. The first-order chi connectivity index (χ1) is 8.60. The van der Waals surface area contributed by atoms with E-state index in [1.807, 2.05) is 6.07 Å². The Morgan fingerprint density at radius 1 is 1.22 bits per heavy atom. The van der Waals surface area contributed by atoms with E-state index >= 15 is 0 Å². The molecule has 0 saturated heterocycles. The van der Waals surface area contributed by atoms with Gasteiger partial charge in [0, 0.05) is 5.69 Å². The van der Waals surface area contributed by atoms with E-state index < -0.39 is 5.82 Å². The fourth-order valence-electron chi connectivity index (χ4n) is 1.46. The van der Waals surface area contributed by atoms with Crippen LogP contribution in [0.3, 0.4) is 0 Å². The highest BCUT2D eigenvalue weighted by Crippen LogP contribution is 2.26. The van der Waals surface area contributed by atoms with Crippen molar-refractivity contribution >= 4 is 28.7 Å². The van der Waals surface area contributed by atoms with Gasteiger partial charge in [0.05, 0.1) is 28.0 Å². The molecule has 0 aliphatic heterocycles. The van der Waals surface area contributed by atoms with Crippen molar-refractivity contribution in [1.29, 1.82) is 5.26 Å². The Bertz CT molecular complexity index is 635. The molecule has 0 amide bonds. The molecule has 0 saturated carbocycles. The third kappa shape index (κ3) is 2.53. The van der Waals surface area contributed by atoms with Crippen LogP contribution in [0.5, 0.6) is 0 Å². The number of nitrogens with one attached hydrogen (secondary N) is 1. The third-order valence-electron chi connectivity index (χ3n) is 2.38. The summed E-state index contributed by atoms with van der Waals surface area (Å²) in [6, 6.07) is 11.1. The van der Waals surface area contributed by atoms with Crippen LogP contribution in [0.1, 0.15) is 5.56 Å². The van der Waals surface area contributed by atoms with Crippen LogP contribution in [-0.4, -0.2) is 0 Å². The molecular formula is C13H9ClFN3. The number of rotatable bonds is 2. The van der Waals surface area contributed by atoms with Crippen molar-refractivity contribution in [3.8, 4) is 6.07 Å². The number of nitrogens with two attached hydrogens (primary N) is 1. The van der Waals surface area contributed by atoms with Crippen LogP contribution >= 0.6 is 11.6 Å². The van der Waals surface area contributed by atoms with E-state index in [1.165, 1.54) is 12.1 Å². The SMILES string of the molecule is N#Cc1ccc(N)c(Nc2ccc(F)c(Cl)c2)c1. The van der Waals surface area contributed by atoms with Gasteiger partial charge in [0.25, 0.3) is 0 Å². The fraction of sp³-hybridized carbons (Fsp3) is 0. The molecule has 0 spiro atoms. The molecule has 18 heavy (non-hydrogen) atoms. The van der Waals surface area contributed by atoms with Crippen molar-refractivity contribution in [2.75, 3.05) is 11.1 Å². The van der Waals surface area contributed by atoms with Gasteiger partial charge < -0.3 is 11.1 Å². The highest BCUT2D eigenvalue weighted by Gasteiger charge is 2.04. The lowest BCUT2D eigenvalue weighted by molar-refractivity contribution is 0.628. The van der Waals surface area contributed by atoms with Crippen LogP contribution in [0.2, 0.25) is 5.02 Å². The summed E-state index contributed by atoms with van der Waals surface area (Å²) in [7, 11) is 0. The van der Waals surface area contributed by atoms with Crippen molar-refractivity contribution in [2.45, 2.75) is 0 Å². The smallest absolute Gasteiger partial charge is 0.141 e. The lowest BCUT2D eigenvalue weighted by Crippen LogP contribution is -1.97. The zero-order valence-electron chi connectivity index (χ0n) is 9.24. The Morgan fingerprint density at radius 2 is 2.00 bits per heavy atom. The van der Waals surface area contributed by atoms with E-state index in [0.717, 1.165) is 0 Å². The number of hydrogen-bond acceptors (Lipinski definition) is 3. The predicted octanol–water partition coefficient (Wildman–Crippen LogP) is 3.68. The van der Waals surface area contributed by atoms with Gasteiger partial charge in [-0.3, -0.25) is 0 Å². The summed E-state index contributed by atoms with van der Waals surface area (Å²) in [6.45, 7) is 0. The van der Waals surface area contributed by atoms with Gasteiger partial charge >= 0.3 is 0 Å². The summed E-state index contributed by atoms with van der Waals surface area (Å²) in [4.78, 5) is 0. The molecule has 0 radical (unpaired) electrons. The maximum atomic E-state index is 13.0. The molecule has 0 heterocycles. The van der Waals surface area contributed by atoms with E-state index in [9.17, 15) is 4.39 Å². The number of nitriles is 1. The molecule has 2 aromatic rings. The number of halogens is 2. The Hall–Kier alpha value is -2.25. The van der Waals surface area contributed by atoms with Crippen LogP contribution in [0, 0.1) is 17.1 Å². The van der Waals surface area contributed by atoms with Crippen LogP contribution in [0.15, 0.2) is 36.4 Å². The van der Waals surface area contributed by atoms with Gasteiger partial charge in [0.15, 0.2) is 0 Å². The van der Waals surface area contributed by atoms with Crippen LogP contribution in [0.4, 0.5) is 21.5 Å². The molecule has 3 nitrogen and oxygen atoms in total. The Morgan fingerprint density at radius 3 is 2.67 bits per heavy atom. The minimum atomic E-state index is -0.485. The number of anilines is 3. The highest BCUT2D eigenvalue weighted by molar-refractivity contribution is 6.31. The minimum absolute atomic E-state index is 0.0232. The molecule has 0 aromatic heterocycles. The second-order valence-corrected chi connectivity index (χ2v) is 4.07. The molecule has 0 aliphatic carbocycles. The summed E-state index contributed by atoms with van der Waals surface area (Å²) >= 11 is 5.68. The van der Waals surface area contributed by atoms with Crippen molar-refractivity contribution < 1.29 is 4.39 Å². The van der Waals surface area contributed by atoms with E-state index in [-0.39, 0.29) is 5.02 Å². The summed E-state index contributed by atoms with van der Waals surface area (Å²) in [5, 5.41) is 11.8. The number of nitrogen functional groups attached to an aromatic ring is 1. The monoisotopic (exact) mass is 261 g/mol. The molecule has 5 heteroatoms. The topological polar surface area (TPSA) is 61.8 Å². The van der Waals surface area contributed by atoms with Gasteiger partial charge in [-0.1, -0.05) is 11.6 Å². The quantitative estimate of drug-likeness (QED) is 0.811. The summed E-state index contributed by atoms with van der Waals surface area (Å²) in [6.07, 6.45) is 0. The fourth-order valence-corrected chi connectivity index (χ4v) is 1.64. The molecule has 0 atom stereocenters. The summed E-state index contributed by atoms with van der Waals surface area (Å²) in [5.74, 6) is -0.485. The average Bonchev–Trinajstić information content (AvgIpc) is 2.36. The maximum Gasteiger partial charge on any atom is 0.141 e. The minimum Gasteiger partial charge on any atom is -0.397 e. The third-order valence-corrected chi connectivity index (χ3v) is 2.67. The zero-order chi connectivity index (χ0) is 13.1. The number of hydrogen-bond donors (Lipinski definition) is 2. The van der Waals surface area contributed by atoms with E-state index in [1.54, 1.807) is 24.3 Å². The van der Waals surface area contributed by atoms with Gasteiger partial charge in [-0.25, -0.2) is 4.39 Å². The van der Waals surface area contributed by atoms with Crippen LogP contribution < -0.4 is 11.1 Å². The van der Waals surface area contributed by atoms with E-state index in [2.05, 4.69) is 5.32 Å². The Balaban J connectivity index is 2.33. The molecule has 3 N–H and O–H groups in total. The second-order valence-electron chi connectivity index (χ2n) is 3.67. The number of nitrogens with zero attached hydrogens (tertiary/aromatic N) is 1. The van der Waals surface area contributed by atoms with Crippen LogP contribution in [0.25, 0.3) is 0 Å². The molecular weight excluding hydrogens is 253 g/mol. The van der Waals surface area contributed by atoms with Gasteiger partial charge in [-0.05, 0) is 36.4 Å². The summed E-state index contributed by atoms with van der Waals surface area (Å²) < 4.78 is 13.0. The molecule has 0 aliphatic rings. The molecule has 0 unspecified atom stereocenters. The normalized spacial score (nSPS) is 9.83. The first kappa shape index (κ1) is 12.2. The summed E-state index contributed by atoms with van der Waals surface area (Å²) in [5.41, 5.74) is 7.94. The lowest BCUT2D eigenvalue weighted by Gasteiger charge is -2.10. The van der Waals surface area contributed by atoms with Crippen LogP contribution in [-0.2, 0) is 0 Å². The van der Waals surface area contributed by atoms with Gasteiger partial charge in [0.1, 0.15) is 5.82 Å². The van der Waals surface area contributed by atoms with Gasteiger partial charge in [0.2, 0.25) is 0 Å². The zero-order valence-corrected chi connectivity index (χ0v) is 10.0. The number of benzene rings is 2. The molecule has 2 aromatic carbocycles. The molecule has 0 bridgehead atoms. The molecule has 0 fully saturated rings. The predicted molar refractivity (Wildman–Crippen MR) is 70.3 cm³/mol. The van der Waals surface area contributed by atoms with Crippen molar-refractivity contribution in [3.63, 3.8) is 0 Å². The first-order valence-corrected chi connectivity index (χ1v) is 5.49. The highest BCUT2D eigenvalue weighted by atomic mass is 35.5. The Labute approximate surface area is 109 Å². The maximum absolute atomic E-state index is 13.0. The first-order valence-electron chi connectivity index (χ1n) is 5.12. The lowest BCUT2D eigenvalue weighted by atomic mass is 10.2. The van der Waals surface area contributed by atoms with Gasteiger partial charge in [-0.15, -0.1) is 0 Å². The van der Waals surface area contributed by atoms with Gasteiger partial charge in [-0.2, -0.15) is 5.26 Å². The van der Waals surface area contributed by atoms with Crippen molar-refractivity contribution in [2.24, 2.45) is 0 Å². The van der Waals surface area contributed by atoms with E-state index in [0.29, 0.717) is 22.6 Å². The molecule has 90 valence electrons. The van der Waals surface area contributed by atoms with E-state index in [4.69, 9.17) is 22.6 Å². The standard InChI is InChI=1S/C13H9ClFN3/c14-10-6-9(2-3-11(10)15)18-13-5-8(7-16)1-4-12(13)17/h1-6,18H,17H2. The largest absolute Gasteiger partial charge is 0.397 e. The van der Waals surface area contributed by atoms with Crippen molar-refractivity contribution in [1.82, 2.24) is 0 Å². The van der Waals surface area contributed by atoms with Crippen molar-refractivity contribution in [3.05, 3.63) is 52.8 Å². The second kappa shape index (κ2) is 4.94. The molecule has 2 rings (SSSR count). The Kier molecular flexibility index (Phi) is 3.35.